The number of benzene rings is 4. The zero-order valence-electron chi connectivity index (χ0n) is 11.8. The molecule has 0 fully saturated rings. The third kappa shape index (κ3) is 1.42. The van der Waals surface area contributed by atoms with Crippen molar-refractivity contribution in [3.05, 3.63) is 71.8 Å². The van der Waals surface area contributed by atoms with Gasteiger partial charge in [0.15, 0.2) is 0 Å². The Kier molecular flexibility index (Phi) is 2.34. The van der Waals surface area contributed by atoms with Crippen molar-refractivity contribution in [2.45, 2.75) is 13.8 Å². The predicted molar refractivity (Wildman–Crippen MR) is 88.4 cm³/mol. The van der Waals surface area contributed by atoms with E-state index in [9.17, 15) is 0 Å². The van der Waals surface area contributed by atoms with Gasteiger partial charge in [-0.05, 0) is 57.3 Å². The molecule has 0 atom stereocenters. The molecule has 0 radical (unpaired) electrons. The Labute approximate surface area is 118 Å². The van der Waals surface area contributed by atoms with E-state index < -0.39 is 0 Å². The molecule has 0 aliphatic carbocycles. The standard InChI is InChI=1S/C20H16/c1-13-7-5-11-17-18-12-6-8-14(2)20(18)16-10-4-3-9-15(16)19(13)17/h3-12H,1-2H3. The largest absolute Gasteiger partial charge is 0.0616 e. The minimum Gasteiger partial charge on any atom is -0.0616 e. The van der Waals surface area contributed by atoms with Crippen LogP contribution in [0.1, 0.15) is 11.1 Å². The molecule has 4 rings (SSSR count). The quantitative estimate of drug-likeness (QED) is 0.351. The molecule has 0 nitrogen and oxygen atoms in total. The topological polar surface area (TPSA) is 0 Å². The minimum absolute atomic E-state index is 1.35. The Bertz CT molecular complexity index is 842. The van der Waals surface area contributed by atoms with Crippen LogP contribution in [0.25, 0.3) is 32.3 Å². The van der Waals surface area contributed by atoms with E-state index in [0.29, 0.717) is 0 Å². The van der Waals surface area contributed by atoms with Crippen molar-refractivity contribution in [1.29, 1.82) is 0 Å². The maximum Gasteiger partial charge on any atom is -0.00697 e. The van der Waals surface area contributed by atoms with E-state index >= 15 is 0 Å². The Hall–Kier alpha value is -2.34. The highest BCUT2D eigenvalue weighted by Crippen LogP contribution is 2.37. The van der Waals surface area contributed by atoms with Gasteiger partial charge in [-0.25, -0.2) is 0 Å². The fourth-order valence-corrected chi connectivity index (χ4v) is 3.42. The Balaban J connectivity index is 2.49. The van der Waals surface area contributed by atoms with Crippen LogP contribution >= 0.6 is 0 Å². The zero-order chi connectivity index (χ0) is 13.7. The molecule has 0 heterocycles. The van der Waals surface area contributed by atoms with Gasteiger partial charge in [-0.3, -0.25) is 0 Å². The zero-order valence-corrected chi connectivity index (χ0v) is 11.8. The molecule has 0 aliphatic rings. The molecular formula is C20H16. The molecule has 0 saturated heterocycles. The van der Waals surface area contributed by atoms with Crippen LogP contribution in [0.15, 0.2) is 60.7 Å². The van der Waals surface area contributed by atoms with Crippen LogP contribution < -0.4 is 0 Å². The summed E-state index contributed by atoms with van der Waals surface area (Å²) in [5.41, 5.74) is 2.70. The number of fused-ring (bicyclic) bond motifs is 6. The first-order valence-corrected chi connectivity index (χ1v) is 7.07. The van der Waals surface area contributed by atoms with Crippen molar-refractivity contribution in [2.75, 3.05) is 0 Å². The third-order valence-corrected chi connectivity index (χ3v) is 4.30. The van der Waals surface area contributed by atoms with Crippen molar-refractivity contribution in [3.8, 4) is 0 Å². The van der Waals surface area contributed by atoms with Crippen LogP contribution in [0.4, 0.5) is 0 Å². The number of aryl methyl sites for hydroxylation is 2. The van der Waals surface area contributed by atoms with Crippen LogP contribution in [-0.4, -0.2) is 0 Å². The van der Waals surface area contributed by atoms with Crippen molar-refractivity contribution in [1.82, 2.24) is 0 Å². The molecule has 4 aromatic carbocycles. The van der Waals surface area contributed by atoms with Crippen LogP contribution in [-0.2, 0) is 0 Å². The molecule has 0 heteroatoms. The van der Waals surface area contributed by atoms with Gasteiger partial charge >= 0.3 is 0 Å². The normalized spacial score (nSPS) is 11.5. The number of hydrogen-bond acceptors (Lipinski definition) is 0. The van der Waals surface area contributed by atoms with Gasteiger partial charge in [0, 0.05) is 0 Å². The van der Waals surface area contributed by atoms with E-state index in [1.54, 1.807) is 0 Å². The molecular weight excluding hydrogens is 240 g/mol. The Morgan fingerprint density at radius 3 is 1.20 bits per heavy atom. The summed E-state index contributed by atoms with van der Waals surface area (Å²) < 4.78 is 0. The van der Waals surface area contributed by atoms with Gasteiger partial charge in [-0.2, -0.15) is 0 Å². The monoisotopic (exact) mass is 256 g/mol. The highest BCUT2D eigenvalue weighted by Gasteiger charge is 2.10. The molecule has 0 aliphatic heterocycles. The highest BCUT2D eigenvalue weighted by atomic mass is 14.1. The van der Waals surface area contributed by atoms with Crippen molar-refractivity contribution >= 4 is 32.3 Å². The molecule has 0 N–H and O–H groups in total. The molecule has 20 heavy (non-hydrogen) atoms. The molecule has 0 spiro atoms. The number of hydrogen-bond donors (Lipinski definition) is 0. The molecule has 0 aromatic heterocycles. The second-order valence-corrected chi connectivity index (χ2v) is 5.54. The van der Waals surface area contributed by atoms with Gasteiger partial charge in [0.05, 0.1) is 0 Å². The molecule has 0 saturated carbocycles. The lowest BCUT2D eigenvalue weighted by Gasteiger charge is -2.13. The molecule has 0 bridgehead atoms. The first-order valence-electron chi connectivity index (χ1n) is 7.07. The SMILES string of the molecule is Cc1cccc2c3cccc(C)c3c3ccccc3c12. The average molecular weight is 256 g/mol. The summed E-state index contributed by atoms with van der Waals surface area (Å²) in [6.45, 7) is 4.41. The summed E-state index contributed by atoms with van der Waals surface area (Å²) >= 11 is 0. The van der Waals surface area contributed by atoms with Crippen molar-refractivity contribution < 1.29 is 0 Å². The van der Waals surface area contributed by atoms with Crippen molar-refractivity contribution in [2.24, 2.45) is 0 Å². The summed E-state index contributed by atoms with van der Waals surface area (Å²) in [4.78, 5) is 0. The van der Waals surface area contributed by atoms with Gasteiger partial charge in [0.25, 0.3) is 0 Å². The fourth-order valence-electron chi connectivity index (χ4n) is 3.42. The summed E-state index contributed by atoms with van der Waals surface area (Å²) in [6, 6.07) is 22.0. The third-order valence-electron chi connectivity index (χ3n) is 4.30. The first kappa shape index (κ1) is 11.5. The summed E-state index contributed by atoms with van der Waals surface area (Å²) in [7, 11) is 0. The molecule has 0 amide bonds. The van der Waals surface area contributed by atoms with E-state index in [-0.39, 0.29) is 0 Å². The fraction of sp³-hybridized carbons (Fsp3) is 0.100. The molecule has 96 valence electrons. The lowest BCUT2D eigenvalue weighted by molar-refractivity contribution is 1.53. The lowest BCUT2D eigenvalue weighted by Crippen LogP contribution is -1.87. The summed E-state index contributed by atoms with van der Waals surface area (Å²) in [5.74, 6) is 0. The van der Waals surface area contributed by atoms with E-state index in [4.69, 9.17) is 0 Å². The summed E-state index contributed by atoms with van der Waals surface area (Å²) in [5, 5.41) is 8.23. The molecule has 0 unspecified atom stereocenters. The van der Waals surface area contributed by atoms with Crippen LogP contribution in [0, 0.1) is 13.8 Å². The van der Waals surface area contributed by atoms with Crippen LogP contribution in [0.2, 0.25) is 0 Å². The van der Waals surface area contributed by atoms with Crippen LogP contribution in [0.5, 0.6) is 0 Å². The van der Waals surface area contributed by atoms with Gasteiger partial charge in [0.2, 0.25) is 0 Å². The summed E-state index contributed by atoms with van der Waals surface area (Å²) in [6.07, 6.45) is 0. The van der Waals surface area contributed by atoms with Gasteiger partial charge in [-0.1, -0.05) is 60.7 Å². The maximum absolute atomic E-state index is 2.25. The van der Waals surface area contributed by atoms with E-state index in [0.717, 1.165) is 0 Å². The van der Waals surface area contributed by atoms with E-state index in [1.807, 2.05) is 0 Å². The van der Waals surface area contributed by atoms with Gasteiger partial charge in [-0.15, -0.1) is 0 Å². The van der Waals surface area contributed by atoms with E-state index in [2.05, 4.69) is 74.5 Å². The van der Waals surface area contributed by atoms with Gasteiger partial charge < -0.3 is 0 Å². The smallest absolute Gasteiger partial charge is 0.00697 e. The minimum atomic E-state index is 1.35. The Morgan fingerprint density at radius 1 is 0.450 bits per heavy atom. The average Bonchev–Trinajstić information content (AvgIpc) is 2.47. The second-order valence-electron chi connectivity index (χ2n) is 5.54. The second kappa shape index (κ2) is 4.08. The Morgan fingerprint density at radius 2 is 0.800 bits per heavy atom. The maximum atomic E-state index is 2.25. The predicted octanol–water partition coefficient (Wildman–Crippen LogP) is 5.76. The molecule has 4 aromatic rings. The number of rotatable bonds is 0. The lowest BCUT2D eigenvalue weighted by atomic mass is 9.90. The van der Waals surface area contributed by atoms with Gasteiger partial charge in [0.1, 0.15) is 0 Å². The van der Waals surface area contributed by atoms with Crippen molar-refractivity contribution in [3.63, 3.8) is 0 Å². The highest BCUT2D eigenvalue weighted by molar-refractivity contribution is 6.26. The van der Waals surface area contributed by atoms with E-state index in [1.165, 1.54) is 43.4 Å². The first-order chi connectivity index (χ1) is 9.77. The van der Waals surface area contributed by atoms with Crippen LogP contribution in [0.3, 0.4) is 0 Å².